The summed E-state index contributed by atoms with van der Waals surface area (Å²) < 4.78 is 0. The summed E-state index contributed by atoms with van der Waals surface area (Å²) in [5.74, 6) is -0.842. The van der Waals surface area contributed by atoms with Gasteiger partial charge in [-0.3, -0.25) is 4.79 Å². The van der Waals surface area contributed by atoms with Crippen LogP contribution in [-0.2, 0) is 4.79 Å². The first-order valence-corrected chi connectivity index (χ1v) is 5.08. The average Bonchev–Trinajstić information content (AvgIpc) is 2.18. The van der Waals surface area contributed by atoms with Crippen LogP contribution in [0.4, 0.5) is 0 Å². The van der Waals surface area contributed by atoms with Gasteiger partial charge in [0.2, 0.25) is 0 Å². The highest BCUT2D eigenvalue weighted by Gasteiger charge is 2.06. The summed E-state index contributed by atoms with van der Waals surface area (Å²) in [6.07, 6.45) is 0.582. The first-order valence-electron chi connectivity index (χ1n) is 4.19. The van der Waals surface area contributed by atoms with Crippen LogP contribution >= 0.6 is 24.2 Å². The van der Waals surface area contributed by atoms with Gasteiger partial charge in [-0.2, -0.15) is 12.6 Å². The van der Waals surface area contributed by atoms with Crippen LogP contribution in [0.1, 0.15) is 13.3 Å². The number of halogens is 1. The summed E-state index contributed by atoms with van der Waals surface area (Å²) in [7, 11) is 0. The second-order valence-electron chi connectivity index (χ2n) is 2.56. The summed E-state index contributed by atoms with van der Waals surface area (Å²) in [5.41, 5.74) is 0. The zero-order valence-corrected chi connectivity index (χ0v) is 9.50. The highest BCUT2D eigenvalue weighted by atomic mass is 35.5. The van der Waals surface area contributed by atoms with Gasteiger partial charge in [-0.1, -0.05) is 36.7 Å². The molecule has 1 aromatic carbocycles. The van der Waals surface area contributed by atoms with Crippen LogP contribution in [0.3, 0.4) is 0 Å². The zero-order chi connectivity index (χ0) is 11.0. The van der Waals surface area contributed by atoms with Crippen LogP contribution in [0.25, 0.3) is 0 Å². The third-order valence-corrected chi connectivity index (χ3v) is 2.24. The minimum absolute atomic E-state index is 0.486. The fourth-order valence-corrected chi connectivity index (χ4v) is 0.735. The molecule has 0 aliphatic heterocycles. The molecule has 78 valence electrons. The van der Waals surface area contributed by atoms with Gasteiger partial charge in [-0.15, -0.1) is 0 Å². The van der Waals surface area contributed by atoms with E-state index in [0.29, 0.717) is 6.42 Å². The summed E-state index contributed by atoms with van der Waals surface area (Å²) in [5, 5.41) is 8.41. The van der Waals surface area contributed by atoms with Crippen molar-refractivity contribution in [3.63, 3.8) is 0 Å². The molecule has 0 aromatic heterocycles. The number of aliphatic carboxylic acids is 1. The molecule has 0 bridgehead atoms. The molecule has 2 nitrogen and oxygen atoms in total. The molecule has 1 N–H and O–H groups in total. The zero-order valence-electron chi connectivity index (χ0n) is 7.85. The minimum atomic E-state index is -0.842. The number of carboxylic acids is 1. The van der Waals surface area contributed by atoms with E-state index in [1.165, 1.54) is 0 Å². The maximum absolute atomic E-state index is 9.85. The Hall–Kier alpha value is -0.670. The second kappa shape index (κ2) is 7.71. The molecule has 0 fully saturated rings. The fraction of sp³-hybridized carbons (Fsp3) is 0.300. The van der Waals surface area contributed by atoms with Gasteiger partial charge in [-0.05, 0) is 18.6 Å². The maximum atomic E-state index is 9.85. The predicted octanol–water partition coefficient (Wildman–Crippen LogP) is 3.12. The Bertz CT molecular complexity index is 264. The Morgan fingerprint density at radius 2 is 2.00 bits per heavy atom. The second-order valence-corrected chi connectivity index (χ2v) is 3.62. The molecule has 0 heterocycles. The molecule has 0 spiro atoms. The van der Waals surface area contributed by atoms with Gasteiger partial charge in [-0.25, -0.2) is 0 Å². The first-order chi connectivity index (χ1) is 6.57. The quantitative estimate of drug-likeness (QED) is 0.769. The van der Waals surface area contributed by atoms with Crippen molar-refractivity contribution in [3.05, 3.63) is 35.4 Å². The Balaban J connectivity index is 0.000000241. The molecule has 1 aromatic rings. The number of hydrogen-bond acceptors (Lipinski definition) is 2. The van der Waals surface area contributed by atoms with Crippen LogP contribution in [-0.4, -0.2) is 16.3 Å². The van der Waals surface area contributed by atoms with Gasteiger partial charge in [0.05, 0.1) is 5.25 Å². The van der Waals surface area contributed by atoms with Crippen LogP contribution in [0, 0.1) is 0 Å². The van der Waals surface area contributed by atoms with E-state index < -0.39 is 11.2 Å². The van der Waals surface area contributed by atoms with E-state index in [2.05, 4.69) is 12.6 Å². The summed E-state index contributed by atoms with van der Waals surface area (Å²) in [4.78, 5) is 9.85. The molecule has 4 heteroatoms. The van der Waals surface area contributed by atoms with Gasteiger partial charge in [0.25, 0.3) is 0 Å². The van der Waals surface area contributed by atoms with Crippen molar-refractivity contribution in [3.8, 4) is 0 Å². The molecule has 1 atom stereocenters. The van der Waals surface area contributed by atoms with Gasteiger partial charge in [0.15, 0.2) is 0 Å². The first kappa shape index (κ1) is 13.3. The smallest absolute Gasteiger partial charge is 0.316 e. The third kappa shape index (κ3) is 6.80. The molecule has 0 aliphatic rings. The van der Waals surface area contributed by atoms with E-state index >= 15 is 0 Å². The van der Waals surface area contributed by atoms with Crippen molar-refractivity contribution in [1.82, 2.24) is 0 Å². The minimum Gasteiger partial charge on any atom is -0.480 e. The fourth-order valence-electron chi connectivity index (χ4n) is 0.589. The molecule has 0 aliphatic carbocycles. The topological polar surface area (TPSA) is 37.3 Å². The molecule has 0 saturated carbocycles. The van der Waals surface area contributed by atoms with Crippen LogP contribution in [0.2, 0.25) is 5.02 Å². The van der Waals surface area contributed by atoms with Gasteiger partial charge in [0.1, 0.15) is 0 Å². The molecule has 14 heavy (non-hydrogen) atoms. The van der Waals surface area contributed by atoms with Crippen molar-refractivity contribution in [2.24, 2.45) is 0 Å². The summed E-state index contributed by atoms with van der Waals surface area (Å²) in [6, 6.07) is 9.44. The van der Waals surface area contributed by atoms with Crippen molar-refractivity contribution >= 4 is 30.2 Å². The Morgan fingerprint density at radius 3 is 2.14 bits per heavy atom. The van der Waals surface area contributed by atoms with Crippen LogP contribution in [0.5, 0.6) is 0 Å². The van der Waals surface area contributed by atoms with Crippen molar-refractivity contribution in [2.75, 3.05) is 0 Å². The molecule has 1 rings (SSSR count). The van der Waals surface area contributed by atoms with E-state index in [0.717, 1.165) is 5.02 Å². The number of carboxylic acid groups (broad SMARTS) is 1. The lowest BCUT2D eigenvalue weighted by Gasteiger charge is -1.95. The van der Waals surface area contributed by atoms with Crippen molar-refractivity contribution in [2.45, 2.75) is 18.6 Å². The van der Waals surface area contributed by atoms with Crippen LogP contribution < -0.4 is 0 Å². The van der Waals surface area contributed by atoms with E-state index in [9.17, 15) is 4.79 Å². The van der Waals surface area contributed by atoms with Gasteiger partial charge < -0.3 is 5.11 Å². The molecule has 0 amide bonds. The molecular weight excluding hydrogens is 220 g/mol. The maximum Gasteiger partial charge on any atom is 0.316 e. The number of benzene rings is 1. The lowest BCUT2D eigenvalue weighted by Crippen LogP contribution is -2.10. The molecular formula is C10H13ClO2S. The highest BCUT2D eigenvalue weighted by Crippen LogP contribution is 2.03. The number of carbonyl (C=O) groups is 1. The average molecular weight is 233 g/mol. The normalized spacial score (nSPS) is 11.1. The van der Waals surface area contributed by atoms with Gasteiger partial charge >= 0.3 is 5.97 Å². The lowest BCUT2D eigenvalue weighted by molar-refractivity contribution is -0.136. The largest absolute Gasteiger partial charge is 0.480 e. The van der Waals surface area contributed by atoms with E-state index in [1.807, 2.05) is 30.3 Å². The summed E-state index contributed by atoms with van der Waals surface area (Å²) in [6.45, 7) is 1.78. The standard InChI is InChI=1S/C6H5Cl.C4H8O2S/c7-6-4-2-1-3-5-6;1-2-3(7)4(5)6/h1-5H;3,7H,2H2,1H3,(H,5,6). The van der Waals surface area contributed by atoms with Crippen molar-refractivity contribution < 1.29 is 9.90 Å². The monoisotopic (exact) mass is 232 g/mol. The van der Waals surface area contributed by atoms with Crippen LogP contribution in [0.15, 0.2) is 30.3 Å². The number of thiol groups is 1. The number of rotatable bonds is 2. The van der Waals surface area contributed by atoms with Crippen molar-refractivity contribution in [1.29, 1.82) is 0 Å². The Morgan fingerprint density at radius 1 is 1.50 bits per heavy atom. The van der Waals surface area contributed by atoms with Gasteiger partial charge in [0, 0.05) is 5.02 Å². The number of hydrogen-bond donors (Lipinski definition) is 2. The highest BCUT2D eigenvalue weighted by molar-refractivity contribution is 7.81. The van der Waals surface area contributed by atoms with E-state index in [4.69, 9.17) is 16.7 Å². The van der Waals surface area contributed by atoms with E-state index in [1.54, 1.807) is 6.92 Å². The SMILES string of the molecule is CCC(S)C(=O)O.Clc1ccccc1. The predicted molar refractivity (Wildman–Crippen MR) is 62.2 cm³/mol. The Kier molecular flexibility index (Phi) is 7.34. The van der Waals surface area contributed by atoms with E-state index in [-0.39, 0.29) is 0 Å². The summed E-state index contributed by atoms with van der Waals surface area (Å²) >= 11 is 9.26. The molecule has 1 unspecified atom stereocenters. The molecule has 0 saturated heterocycles. The third-order valence-electron chi connectivity index (χ3n) is 1.40. The lowest BCUT2D eigenvalue weighted by atomic mass is 10.3. The molecule has 0 radical (unpaired) electrons. The Labute approximate surface area is 94.3 Å².